The molecule has 0 saturated carbocycles. The SMILES string of the molecule is Cc1cc(NC(=O)CCCCCl)n(C)n1. The number of anilines is 1. The maximum atomic E-state index is 11.5. The average molecular weight is 230 g/mol. The number of carbonyl (C=O) groups excluding carboxylic acids is 1. The van der Waals surface area contributed by atoms with Crippen LogP contribution in [0.3, 0.4) is 0 Å². The fourth-order valence-corrected chi connectivity index (χ4v) is 1.50. The van der Waals surface area contributed by atoms with Gasteiger partial charge in [-0.05, 0) is 19.8 Å². The molecule has 4 nitrogen and oxygen atoms in total. The second kappa shape index (κ2) is 5.75. The van der Waals surface area contributed by atoms with Gasteiger partial charge in [-0.1, -0.05) is 0 Å². The third-order valence-electron chi connectivity index (χ3n) is 2.06. The van der Waals surface area contributed by atoms with E-state index in [2.05, 4.69) is 10.4 Å². The van der Waals surface area contributed by atoms with Gasteiger partial charge in [-0.15, -0.1) is 11.6 Å². The monoisotopic (exact) mass is 229 g/mol. The molecule has 0 bridgehead atoms. The zero-order valence-corrected chi connectivity index (χ0v) is 9.84. The molecule has 1 aromatic rings. The van der Waals surface area contributed by atoms with E-state index >= 15 is 0 Å². The molecule has 0 radical (unpaired) electrons. The van der Waals surface area contributed by atoms with Gasteiger partial charge < -0.3 is 5.32 Å². The number of alkyl halides is 1. The van der Waals surface area contributed by atoms with Crippen LogP contribution in [0.15, 0.2) is 6.07 Å². The lowest BCUT2D eigenvalue weighted by atomic mass is 10.2. The molecule has 0 aliphatic rings. The van der Waals surface area contributed by atoms with Crippen LogP contribution in [0.1, 0.15) is 25.0 Å². The number of nitrogens with zero attached hydrogens (tertiary/aromatic N) is 2. The van der Waals surface area contributed by atoms with Crippen molar-refractivity contribution < 1.29 is 4.79 Å². The minimum absolute atomic E-state index is 0.0168. The van der Waals surface area contributed by atoms with Gasteiger partial charge in [0, 0.05) is 25.4 Å². The van der Waals surface area contributed by atoms with Crippen molar-refractivity contribution in [3.63, 3.8) is 0 Å². The van der Waals surface area contributed by atoms with E-state index in [9.17, 15) is 4.79 Å². The molecule has 0 aliphatic heterocycles. The molecule has 5 heteroatoms. The maximum Gasteiger partial charge on any atom is 0.225 e. The molecule has 0 aromatic carbocycles. The molecule has 1 rings (SSSR count). The van der Waals surface area contributed by atoms with E-state index in [1.807, 2.05) is 13.0 Å². The molecule has 84 valence electrons. The molecule has 1 amide bonds. The van der Waals surface area contributed by atoms with Crippen LogP contribution < -0.4 is 5.32 Å². The summed E-state index contributed by atoms with van der Waals surface area (Å²) in [5, 5.41) is 6.95. The van der Waals surface area contributed by atoms with Crippen molar-refractivity contribution in [1.82, 2.24) is 9.78 Å². The largest absolute Gasteiger partial charge is 0.311 e. The number of hydrogen-bond donors (Lipinski definition) is 1. The number of carbonyl (C=O) groups is 1. The van der Waals surface area contributed by atoms with Crippen LogP contribution >= 0.6 is 11.6 Å². The predicted octanol–water partition coefficient (Wildman–Crippen LogP) is 2.08. The van der Waals surface area contributed by atoms with Gasteiger partial charge in [0.15, 0.2) is 0 Å². The van der Waals surface area contributed by atoms with Gasteiger partial charge in [-0.2, -0.15) is 5.10 Å². The standard InChI is InChI=1S/C10H16ClN3O/c1-8-7-9(14(2)13-8)12-10(15)5-3-4-6-11/h7H,3-6H2,1-2H3,(H,12,15). The number of aromatic nitrogens is 2. The first kappa shape index (κ1) is 12.0. The van der Waals surface area contributed by atoms with E-state index < -0.39 is 0 Å². The Labute approximate surface area is 94.6 Å². The molecule has 1 aromatic heterocycles. The Morgan fingerprint density at radius 3 is 2.87 bits per heavy atom. The van der Waals surface area contributed by atoms with E-state index in [4.69, 9.17) is 11.6 Å². The molecule has 0 unspecified atom stereocenters. The van der Waals surface area contributed by atoms with Crippen LogP contribution in [0.4, 0.5) is 5.82 Å². The number of nitrogens with one attached hydrogen (secondary N) is 1. The van der Waals surface area contributed by atoms with Gasteiger partial charge in [0.2, 0.25) is 5.91 Å². The Bertz CT molecular complexity index is 335. The molecule has 1 heterocycles. The normalized spacial score (nSPS) is 10.3. The molecule has 1 N–H and O–H groups in total. The van der Waals surface area contributed by atoms with Crippen molar-refractivity contribution in [2.45, 2.75) is 26.2 Å². The minimum atomic E-state index is 0.0168. The Balaban J connectivity index is 2.41. The number of rotatable bonds is 5. The Morgan fingerprint density at radius 1 is 1.60 bits per heavy atom. The van der Waals surface area contributed by atoms with Gasteiger partial charge in [-0.25, -0.2) is 0 Å². The lowest BCUT2D eigenvalue weighted by molar-refractivity contribution is -0.116. The average Bonchev–Trinajstić information content (AvgIpc) is 2.45. The molecule has 0 saturated heterocycles. The van der Waals surface area contributed by atoms with Crippen molar-refractivity contribution in [2.75, 3.05) is 11.2 Å². The predicted molar refractivity (Wildman–Crippen MR) is 61.1 cm³/mol. The van der Waals surface area contributed by atoms with Gasteiger partial charge in [0.05, 0.1) is 5.69 Å². The highest BCUT2D eigenvalue weighted by Gasteiger charge is 2.06. The van der Waals surface area contributed by atoms with Crippen molar-refractivity contribution in [3.05, 3.63) is 11.8 Å². The summed E-state index contributed by atoms with van der Waals surface area (Å²) < 4.78 is 1.66. The Morgan fingerprint density at radius 2 is 2.33 bits per heavy atom. The smallest absolute Gasteiger partial charge is 0.225 e. The summed E-state index contributed by atoms with van der Waals surface area (Å²) in [4.78, 5) is 11.5. The Kier molecular flexibility index (Phi) is 4.62. The summed E-state index contributed by atoms with van der Waals surface area (Å²) in [5.74, 6) is 1.37. The van der Waals surface area contributed by atoms with Crippen LogP contribution in [0.25, 0.3) is 0 Å². The van der Waals surface area contributed by atoms with Crippen LogP contribution in [0, 0.1) is 6.92 Å². The van der Waals surface area contributed by atoms with Crippen LogP contribution in [-0.2, 0) is 11.8 Å². The molecule has 15 heavy (non-hydrogen) atoms. The van der Waals surface area contributed by atoms with Crippen LogP contribution in [-0.4, -0.2) is 21.6 Å². The molecular weight excluding hydrogens is 214 g/mol. The molecule has 0 atom stereocenters. The van der Waals surface area contributed by atoms with Gasteiger partial charge in [0.25, 0.3) is 0 Å². The van der Waals surface area contributed by atoms with E-state index in [0.717, 1.165) is 24.4 Å². The number of hydrogen-bond acceptors (Lipinski definition) is 2. The van der Waals surface area contributed by atoms with Gasteiger partial charge in [0.1, 0.15) is 5.82 Å². The lowest BCUT2D eigenvalue weighted by Crippen LogP contribution is -2.13. The zero-order chi connectivity index (χ0) is 11.3. The third kappa shape index (κ3) is 3.91. The first-order valence-electron chi connectivity index (χ1n) is 5.00. The van der Waals surface area contributed by atoms with Gasteiger partial charge in [-0.3, -0.25) is 9.48 Å². The summed E-state index contributed by atoms with van der Waals surface area (Å²) in [6.07, 6.45) is 2.21. The minimum Gasteiger partial charge on any atom is -0.311 e. The highest BCUT2D eigenvalue weighted by molar-refractivity contribution is 6.17. The first-order valence-corrected chi connectivity index (χ1v) is 5.53. The third-order valence-corrected chi connectivity index (χ3v) is 2.32. The molecule has 0 spiro atoms. The van der Waals surface area contributed by atoms with Crippen molar-refractivity contribution in [3.8, 4) is 0 Å². The number of unbranched alkanes of at least 4 members (excludes halogenated alkanes) is 1. The van der Waals surface area contributed by atoms with Crippen molar-refractivity contribution in [2.24, 2.45) is 7.05 Å². The lowest BCUT2D eigenvalue weighted by Gasteiger charge is -2.04. The van der Waals surface area contributed by atoms with Crippen molar-refractivity contribution in [1.29, 1.82) is 0 Å². The first-order chi connectivity index (χ1) is 7.13. The number of aryl methyl sites for hydroxylation is 2. The van der Waals surface area contributed by atoms with Crippen LogP contribution in [0.2, 0.25) is 0 Å². The fourth-order valence-electron chi connectivity index (χ4n) is 1.31. The quantitative estimate of drug-likeness (QED) is 0.621. The number of amides is 1. The topological polar surface area (TPSA) is 46.9 Å². The maximum absolute atomic E-state index is 11.5. The summed E-state index contributed by atoms with van der Waals surface area (Å²) >= 11 is 5.53. The van der Waals surface area contributed by atoms with E-state index in [1.54, 1.807) is 11.7 Å². The second-order valence-corrected chi connectivity index (χ2v) is 3.87. The summed E-state index contributed by atoms with van der Waals surface area (Å²) in [6, 6.07) is 1.85. The molecule has 0 aliphatic carbocycles. The van der Waals surface area contributed by atoms with Crippen LogP contribution in [0.5, 0.6) is 0 Å². The zero-order valence-electron chi connectivity index (χ0n) is 9.09. The van der Waals surface area contributed by atoms with E-state index in [0.29, 0.717) is 12.3 Å². The highest BCUT2D eigenvalue weighted by atomic mass is 35.5. The second-order valence-electron chi connectivity index (χ2n) is 3.49. The Hall–Kier alpha value is -1.03. The summed E-state index contributed by atoms with van der Waals surface area (Å²) in [6.45, 7) is 1.89. The van der Waals surface area contributed by atoms with Gasteiger partial charge >= 0.3 is 0 Å². The van der Waals surface area contributed by atoms with E-state index in [-0.39, 0.29) is 5.91 Å². The summed E-state index contributed by atoms with van der Waals surface area (Å²) in [7, 11) is 1.81. The fraction of sp³-hybridized carbons (Fsp3) is 0.600. The van der Waals surface area contributed by atoms with E-state index in [1.165, 1.54) is 0 Å². The molecular formula is C10H16ClN3O. The summed E-state index contributed by atoms with van der Waals surface area (Å²) in [5.41, 5.74) is 0.897. The molecule has 0 fully saturated rings. The van der Waals surface area contributed by atoms with Crippen molar-refractivity contribution >= 4 is 23.3 Å². The highest BCUT2D eigenvalue weighted by Crippen LogP contribution is 2.09. The number of halogens is 1.